The van der Waals surface area contributed by atoms with Crippen LogP contribution in [0.15, 0.2) is 40.9 Å². The second-order valence-corrected chi connectivity index (χ2v) is 7.61. The molecule has 3 aliphatic rings. The van der Waals surface area contributed by atoms with E-state index < -0.39 is 17.5 Å². The SMILES string of the molecule is O=C1N(Cc2noc(C(F)(F)F)n2)c2ccccc2C12COc1cc3c(cc12)OCCO3. The van der Waals surface area contributed by atoms with Gasteiger partial charge in [0.2, 0.25) is 5.91 Å². The van der Waals surface area contributed by atoms with Crippen LogP contribution in [0, 0.1) is 0 Å². The number of aromatic nitrogens is 2. The van der Waals surface area contributed by atoms with Gasteiger partial charge in [0.15, 0.2) is 17.3 Å². The molecule has 11 heteroatoms. The van der Waals surface area contributed by atoms with Gasteiger partial charge in [0.1, 0.15) is 31.0 Å². The zero-order chi connectivity index (χ0) is 22.1. The summed E-state index contributed by atoms with van der Waals surface area (Å²) in [5.74, 6) is -0.518. The first-order valence-electron chi connectivity index (χ1n) is 9.76. The second-order valence-electron chi connectivity index (χ2n) is 7.61. The molecular weight excluding hydrogens is 431 g/mol. The molecule has 164 valence electrons. The second kappa shape index (κ2) is 6.38. The molecule has 0 fully saturated rings. The lowest BCUT2D eigenvalue weighted by Gasteiger charge is -2.24. The Morgan fingerprint density at radius 2 is 1.75 bits per heavy atom. The number of carbonyl (C=O) groups excluding carboxylic acids is 1. The predicted molar refractivity (Wildman–Crippen MR) is 101 cm³/mol. The van der Waals surface area contributed by atoms with Crippen molar-refractivity contribution in [2.24, 2.45) is 0 Å². The Kier molecular flexibility index (Phi) is 3.78. The van der Waals surface area contributed by atoms with Gasteiger partial charge in [-0.2, -0.15) is 18.2 Å². The molecular formula is C21H14F3N3O5. The molecule has 0 aliphatic carbocycles. The van der Waals surface area contributed by atoms with E-state index in [9.17, 15) is 18.0 Å². The van der Waals surface area contributed by atoms with Crippen LogP contribution in [0.25, 0.3) is 0 Å². The molecule has 6 rings (SSSR count). The van der Waals surface area contributed by atoms with Crippen molar-refractivity contribution in [3.63, 3.8) is 0 Å². The van der Waals surface area contributed by atoms with E-state index in [0.717, 1.165) is 0 Å². The molecule has 3 aliphatic heterocycles. The van der Waals surface area contributed by atoms with Crippen molar-refractivity contribution in [3.05, 3.63) is 59.2 Å². The fraction of sp³-hybridized carbons (Fsp3) is 0.286. The summed E-state index contributed by atoms with van der Waals surface area (Å²) < 4.78 is 60.1. The van der Waals surface area contributed by atoms with Crippen LogP contribution in [0.2, 0.25) is 0 Å². The molecule has 2 aromatic carbocycles. The Morgan fingerprint density at radius 1 is 1.00 bits per heavy atom. The molecule has 4 heterocycles. The predicted octanol–water partition coefficient (Wildman–Crippen LogP) is 3.08. The fourth-order valence-corrected chi connectivity index (χ4v) is 4.44. The van der Waals surface area contributed by atoms with E-state index in [1.807, 2.05) is 0 Å². The van der Waals surface area contributed by atoms with E-state index in [1.54, 1.807) is 36.4 Å². The van der Waals surface area contributed by atoms with Gasteiger partial charge in [-0.1, -0.05) is 23.4 Å². The number of alkyl halides is 3. The summed E-state index contributed by atoms with van der Waals surface area (Å²) in [5.41, 5.74) is 0.672. The summed E-state index contributed by atoms with van der Waals surface area (Å²) in [6.45, 7) is 0.557. The minimum Gasteiger partial charge on any atom is -0.491 e. The smallest absolute Gasteiger partial charge is 0.471 e. The van der Waals surface area contributed by atoms with Crippen molar-refractivity contribution >= 4 is 11.6 Å². The number of para-hydroxylation sites is 1. The summed E-state index contributed by atoms with van der Waals surface area (Å²) in [6.07, 6.45) is -4.77. The molecule has 0 radical (unpaired) electrons. The molecule has 0 N–H and O–H groups in total. The number of benzene rings is 2. The van der Waals surface area contributed by atoms with E-state index in [2.05, 4.69) is 14.7 Å². The highest BCUT2D eigenvalue weighted by Gasteiger charge is 2.57. The number of hydrogen-bond acceptors (Lipinski definition) is 7. The Bertz CT molecular complexity index is 1260. The zero-order valence-electron chi connectivity index (χ0n) is 16.3. The first kappa shape index (κ1) is 19.0. The third-order valence-corrected chi connectivity index (χ3v) is 5.82. The molecule has 8 nitrogen and oxygen atoms in total. The molecule has 3 aromatic rings. The van der Waals surface area contributed by atoms with Gasteiger partial charge in [-0.05, 0) is 17.7 Å². The van der Waals surface area contributed by atoms with Crippen LogP contribution in [0.4, 0.5) is 18.9 Å². The Hall–Kier alpha value is -3.76. The maximum atomic E-state index is 13.8. The molecule has 1 amide bonds. The van der Waals surface area contributed by atoms with Gasteiger partial charge < -0.3 is 23.6 Å². The van der Waals surface area contributed by atoms with E-state index in [4.69, 9.17) is 14.2 Å². The Morgan fingerprint density at radius 3 is 2.50 bits per heavy atom. The number of halogens is 3. The minimum absolute atomic E-state index is 0.0393. The lowest BCUT2D eigenvalue weighted by atomic mass is 9.77. The number of hydrogen-bond donors (Lipinski definition) is 0. The number of fused-ring (bicyclic) bond motifs is 5. The highest BCUT2D eigenvalue weighted by atomic mass is 19.4. The summed E-state index contributed by atoms with van der Waals surface area (Å²) in [7, 11) is 0. The van der Waals surface area contributed by atoms with Gasteiger partial charge >= 0.3 is 12.1 Å². The highest BCUT2D eigenvalue weighted by molar-refractivity contribution is 6.11. The van der Waals surface area contributed by atoms with Crippen LogP contribution in [-0.4, -0.2) is 35.9 Å². The van der Waals surface area contributed by atoms with Crippen LogP contribution < -0.4 is 19.1 Å². The number of carbonyl (C=O) groups is 1. The van der Waals surface area contributed by atoms with Gasteiger partial charge in [-0.15, -0.1) is 0 Å². The van der Waals surface area contributed by atoms with Gasteiger partial charge in [-0.25, -0.2) is 0 Å². The Labute approximate surface area is 178 Å². The molecule has 32 heavy (non-hydrogen) atoms. The lowest BCUT2D eigenvalue weighted by molar-refractivity contribution is -0.159. The summed E-state index contributed by atoms with van der Waals surface area (Å²) in [6, 6.07) is 10.5. The normalized spacial score (nSPS) is 21.0. The maximum absolute atomic E-state index is 13.8. The van der Waals surface area contributed by atoms with Gasteiger partial charge in [0.25, 0.3) is 0 Å². The van der Waals surface area contributed by atoms with E-state index in [0.29, 0.717) is 47.3 Å². The van der Waals surface area contributed by atoms with Crippen LogP contribution in [0.1, 0.15) is 22.8 Å². The van der Waals surface area contributed by atoms with Crippen LogP contribution in [0.3, 0.4) is 0 Å². The van der Waals surface area contributed by atoms with Crippen LogP contribution in [0.5, 0.6) is 17.2 Å². The highest BCUT2D eigenvalue weighted by Crippen LogP contribution is 2.54. The van der Waals surface area contributed by atoms with Crippen molar-refractivity contribution in [2.75, 3.05) is 24.7 Å². The van der Waals surface area contributed by atoms with E-state index in [-0.39, 0.29) is 24.9 Å². The van der Waals surface area contributed by atoms with Gasteiger partial charge in [0, 0.05) is 17.3 Å². The summed E-state index contributed by atoms with van der Waals surface area (Å²) in [5, 5.41) is 3.40. The first-order valence-corrected chi connectivity index (χ1v) is 9.76. The van der Waals surface area contributed by atoms with Crippen LogP contribution >= 0.6 is 0 Å². The number of ether oxygens (including phenoxy) is 3. The average molecular weight is 445 g/mol. The molecule has 0 bridgehead atoms. The number of rotatable bonds is 2. The maximum Gasteiger partial charge on any atom is 0.471 e. The quantitative estimate of drug-likeness (QED) is 0.599. The van der Waals surface area contributed by atoms with Crippen molar-refractivity contribution in [3.8, 4) is 17.2 Å². The van der Waals surface area contributed by atoms with Gasteiger partial charge in [0.05, 0.1) is 6.54 Å². The first-order chi connectivity index (χ1) is 15.4. The fourth-order valence-electron chi connectivity index (χ4n) is 4.44. The van der Waals surface area contributed by atoms with E-state index in [1.165, 1.54) is 4.90 Å². The lowest BCUT2D eigenvalue weighted by Crippen LogP contribution is -2.42. The molecule has 0 saturated carbocycles. The molecule has 1 unspecified atom stereocenters. The zero-order valence-corrected chi connectivity index (χ0v) is 16.3. The third kappa shape index (κ3) is 2.53. The van der Waals surface area contributed by atoms with Crippen molar-refractivity contribution in [2.45, 2.75) is 18.1 Å². The third-order valence-electron chi connectivity index (χ3n) is 5.82. The van der Waals surface area contributed by atoms with Crippen molar-refractivity contribution < 1.29 is 36.7 Å². The number of amides is 1. The summed E-state index contributed by atoms with van der Waals surface area (Å²) >= 11 is 0. The Balaban J connectivity index is 1.44. The van der Waals surface area contributed by atoms with E-state index >= 15 is 0 Å². The number of nitrogens with zero attached hydrogens (tertiary/aromatic N) is 3. The molecule has 1 atom stereocenters. The average Bonchev–Trinajstić information content (AvgIpc) is 3.46. The molecule has 1 spiro atoms. The molecule has 1 aromatic heterocycles. The monoisotopic (exact) mass is 445 g/mol. The standard InChI is InChI=1S/C21H14F3N3O5/c22-21(23,24)18-25-17(26-32-18)9-27-13-4-2-1-3-11(13)20(19(27)28)10-31-14-8-16-15(7-12(14)20)29-5-6-30-16/h1-4,7-8H,5-6,9-10H2. The minimum atomic E-state index is -4.77. The van der Waals surface area contributed by atoms with Crippen molar-refractivity contribution in [1.29, 1.82) is 0 Å². The number of anilines is 1. The summed E-state index contributed by atoms with van der Waals surface area (Å²) in [4.78, 5) is 18.6. The van der Waals surface area contributed by atoms with Gasteiger partial charge in [-0.3, -0.25) is 4.79 Å². The van der Waals surface area contributed by atoms with Crippen LogP contribution in [-0.2, 0) is 22.9 Å². The topological polar surface area (TPSA) is 86.9 Å². The molecule has 0 saturated heterocycles. The van der Waals surface area contributed by atoms with Crippen molar-refractivity contribution in [1.82, 2.24) is 10.1 Å². The largest absolute Gasteiger partial charge is 0.491 e.